The molecule has 0 radical (unpaired) electrons. The number of hydrogen-bond acceptors (Lipinski definition) is 6. The number of rotatable bonds is 12. The Morgan fingerprint density at radius 3 is 2.24 bits per heavy atom. The molecule has 212 valence electrons. The topological polar surface area (TPSA) is 70.2 Å². The summed E-state index contributed by atoms with van der Waals surface area (Å²) in [5, 5.41) is 0. The Labute approximate surface area is 240 Å². The lowest BCUT2D eigenvalue weighted by molar-refractivity contribution is 0.104. The Balaban J connectivity index is 1.67. The lowest BCUT2D eigenvalue weighted by atomic mass is 10.1. The highest BCUT2D eigenvalue weighted by molar-refractivity contribution is 6.11. The van der Waals surface area contributed by atoms with Gasteiger partial charge in [0.25, 0.3) is 0 Å². The van der Waals surface area contributed by atoms with Crippen LogP contribution in [0.3, 0.4) is 0 Å². The second kappa shape index (κ2) is 12.3. The van der Waals surface area contributed by atoms with Crippen LogP contribution in [0.5, 0.6) is 17.2 Å². The maximum atomic E-state index is 14.1. The van der Waals surface area contributed by atoms with Gasteiger partial charge in [-0.2, -0.15) is 0 Å². The van der Waals surface area contributed by atoms with Crippen molar-refractivity contribution in [3.8, 4) is 28.5 Å². The van der Waals surface area contributed by atoms with Gasteiger partial charge in [-0.05, 0) is 73.3 Å². The monoisotopic (exact) mass is 552 g/mol. The lowest BCUT2D eigenvalue weighted by Gasteiger charge is -2.18. The minimum Gasteiger partial charge on any atom is -0.497 e. The highest BCUT2D eigenvalue weighted by Gasteiger charge is 2.25. The van der Waals surface area contributed by atoms with Crippen LogP contribution in [-0.2, 0) is 6.54 Å². The molecule has 0 saturated carbocycles. The Morgan fingerprint density at radius 2 is 1.59 bits per heavy atom. The van der Waals surface area contributed by atoms with E-state index < -0.39 is 0 Å². The van der Waals surface area contributed by atoms with E-state index in [1.807, 2.05) is 65.1 Å². The summed E-state index contributed by atoms with van der Waals surface area (Å²) in [5.74, 6) is 2.57. The number of likely N-dealkylation sites (N-methyl/N-ethyl adjacent to an activating group) is 1. The van der Waals surface area contributed by atoms with Crippen molar-refractivity contribution in [2.24, 2.45) is 0 Å². The third-order valence-electron chi connectivity index (χ3n) is 7.48. The van der Waals surface area contributed by atoms with Crippen molar-refractivity contribution in [2.75, 3.05) is 41.0 Å². The van der Waals surface area contributed by atoms with Gasteiger partial charge in [0.2, 0.25) is 11.6 Å². The zero-order chi connectivity index (χ0) is 28.9. The summed E-state index contributed by atoms with van der Waals surface area (Å²) in [6.07, 6.45) is 3.39. The van der Waals surface area contributed by atoms with E-state index in [2.05, 4.69) is 29.4 Å². The van der Waals surface area contributed by atoms with E-state index in [0.717, 1.165) is 59.9 Å². The van der Waals surface area contributed by atoms with Crippen molar-refractivity contribution in [2.45, 2.75) is 20.4 Å². The first-order valence-corrected chi connectivity index (χ1v) is 13.8. The Bertz CT molecular complexity index is 1690. The Hall–Kier alpha value is -4.56. The summed E-state index contributed by atoms with van der Waals surface area (Å²) in [6.45, 7) is 7.93. The highest BCUT2D eigenvalue weighted by Crippen LogP contribution is 2.32. The molecule has 2 heterocycles. The molecule has 5 aromatic rings. The number of benzene rings is 3. The van der Waals surface area contributed by atoms with Crippen molar-refractivity contribution in [1.82, 2.24) is 18.9 Å². The molecule has 8 nitrogen and oxygen atoms in total. The van der Waals surface area contributed by atoms with Crippen LogP contribution in [-0.4, -0.2) is 65.6 Å². The molecule has 0 bridgehead atoms. The second-order valence-corrected chi connectivity index (χ2v) is 9.65. The first kappa shape index (κ1) is 28.0. The van der Waals surface area contributed by atoms with E-state index in [1.165, 1.54) is 0 Å². The Kier molecular flexibility index (Phi) is 8.40. The van der Waals surface area contributed by atoms with Crippen LogP contribution < -0.4 is 14.2 Å². The SMILES string of the molecule is CCN(CC)CCn1c2ccccc2n2c(C(=O)C=Cc3ccc(OC)c(OC)c3)c(-c3ccc(OC)cc3)nc12. The van der Waals surface area contributed by atoms with E-state index >= 15 is 0 Å². The summed E-state index contributed by atoms with van der Waals surface area (Å²) < 4.78 is 20.4. The summed E-state index contributed by atoms with van der Waals surface area (Å²) >= 11 is 0. The number of carbonyl (C=O) groups is 1. The molecular formula is C33H36N4O4. The number of carbonyl (C=O) groups excluding carboxylic acids is 1. The maximum absolute atomic E-state index is 14.1. The van der Waals surface area contributed by atoms with Gasteiger partial charge in [-0.15, -0.1) is 0 Å². The molecule has 0 spiro atoms. The molecule has 3 aromatic carbocycles. The zero-order valence-electron chi connectivity index (χ0n) is 24.3. The number of allylic oxidation sites excluding steroid dienone is 1. The average molecular weight is 553 g/mol. The number of imidazole rings is 2. The van der Waals surface area contributed by atoms with Crippen LogP contribution in [0.1, 0.15) is 29.9 Å². The van der Waals surface area contributed by atoms with Gasteiger partial charge >= 0.3 is 0 Å². The average Bonchev–Trinajstić information content (AvgIpc) is 3.55. The molecule has 0 N–H and O–H groups in total. The van der Waals surface area contributed by atoms with Crippen LogP contribution in [0.25, 0.3) is 34.1 Å². The number of methoxy groups -OCH3 is 3. The number of ether oxygens (including phenoxy) is 3. The molecule has 8 heteroatoms. The summed E-state index contributed by atoms with van der Waals surface area (Å²) in [7, 11) is 4.83. The van der Waals surface area contributed by atoms with Crippen molar-refractivity contribution in [1.29, 1.82) is 0 Å². The molecule has 0 atom stereocenters. The summed E-state index contributed by atoms with van der Waals surface area (Å²) in [6, 6.07) is 21.4. The normalized spacial score (nSPS) is 11.7. The van der Waals surface area contributed by atoms with Gasteiger partial charge in [0.1, 0.15) is 17.1 Å². The molecule has 0 amide bonds. The minimum atomic E-state index is -0.148. The van der Waals surface area contributed by atoms with Crippen LogP contribution in [0.2, 0.25) is 0 Å². The second-order valence-electron chi connectivity index (χ2n) is 9.65. The third-order valence-corrected chi connectivity index (χ3v) is 7.48. The molecule has 41 heavy (non-hydrogen) atoms. The molecule has 0 aliphatic rings. The van der Waals surface area contributed by atoms with E-state index in [0.29, 0.717) is 22.9 Å². The van der Waals surface area contributed by atoms with Gasteiger partial charge in [0.15, 0.2) is 11.5 Å². The Morgan fingerprint density at radius 1 is 0.878 bits per heavy atom. The number of ketones is 1. The summed E-state index contributed by atoms with van der Waals surface area (Å²) in [4.78, 5) is 21.5. The molecule has 5 rings (SSSR count). The molecule has 0 unspecified atom stereocenters. The molecule has 0 aliphatic heterocycles. The predicted octanol–water partition coefficient (Wildman–Crippen LogP) is 6.22. The first-order valence-electron chi connectivity index (χ1n) is 13.8. The minimum absolute atomic E-state index is 0.148. The van der Waals surface area contributed by atoms with E-state index in [-0.39, 0.29) is 5.78 Å². The lowest BCUT2D eigenvalue weighted by Crippen LogP contribution is -2.27. The fraction of sp³-hybridized carbons (Fsp3) is 0.273. The number of hydrogen-bond donors (Lipinski definition) is 0. The van der Waals surface area contributed by atoms with Gasteiger partial charge in [0, 0.05) is 18.7 Å². The van der Waals surface area contributed by atoms with Crippen LogP contribution in [0, 0.1) is 0 Å². The van der Waals surface area contributed by atoms with Crippen molar-refractivity contribution >= 4 is 28.7 Å². The van der Waals surface area contributed by atoms with Gasteiger partial charge in [0.05, 0.1) is 32.4 Å². The summed E-state index contributed by atoms with van der Waals surface area (Å²) in [5.41, 5.74) is 4.80. The van der Waals surface area contributed by atoms with Gasteiger partial charge in [-0.1, -0.05) is 38.1 Å². The molecular weight excluding hydrogens is 516 g/mol. The number of para-hydroxylation sites is 2. The third kappa shape index (κ3) is 5.43. The molecule has 2 aromatic heterocycles. The van der Waals surface area contributed by atoms with Crippen LogP contribution in [0.4, 0.5) is 0 Å². The predicted molar refractivity (Wildman–Crippen MR) is 163 cm³/mol. The van der Waals surface area contributed by atoms with E-state index in [4.69, 9.17) is 19.2 Å². The van der Waals surface area contributed by atoms with E-state index in [9.17, 15) is 4.79 Å². The fourth-order valence-electron chi connectivity index (χ4n) is 5.19. The van der Waals surface area contributed by atoms with Crippen molar-refractivity contribution in [3.05, 3.63) is 84.1 Å². The zero-order valence-corrected chi connectivity index (χ0v) is 24.3. The highest BCUT2D eigenvalue weighted by atomic mass is 16.5. The number of fused-ring (bicyclic) bond motifs is 3. The van der Waals surface area contributed by atoms with Gasteiger partial charge in [-0.3, -0.25) is 9.20 Å². The van der Waals surface area contributed by atoms with Crippen LogP contribution in [0.15, 0.2) is 72.8 Å². The fourth-order valence-corrected chi connectivity index (χ4v) is 5.19. The van der Waals surface area contributed by atoms with Crippen molar-refractivity contribution < 1.29 is 19.0 Å². The maximum Gasteiger partial charge on any atom is 0.216 e. The standard InChI is InChI=1S/C33H36N4O4/c1-6-35(7-2)20-21-36-26-10-8-9-11-27(26)37-32(31(34-33(36)37)24-14-16-25(39-3)17-15-24)28(38)18-12-23-13-19-29(40-4)30(22-23)41-5/h8-19,22H,6-7,20-21H2,1-5H3. The van der Waals surface area contributed by atoms with Crippen molar-refractivity contribution in [3.63, 3.8) is 0 Å². The van der Waals surface area contributed by atoms with Gasteiger partial charge in [-0.25, -0.2) is 4.98 Å². The smallest absolute Gasteiger partial charge is 0.216 e. The number of aromatic nitrogens is 3. The van der Waals surface area contributed by atoms with Crippen LogP contribution >= 0.6 is 0 Å². The molecule has 0 aliphatic carbocycles. The molecule has 0 fully saturated rings. The molecule has 0 saturated heterocycles. The first-order chi connectivity index (χ1) is 20.0. The largest absolute Gasteiger partial charge is 0.497 e. The van der Waals surface area contributed by atoms with E-state index in [1.54, 1.807) is 33.5 Å². The quantitative estimate of drug-likeness (QED) is 0.135. The number of nitrogens with zero attached hydrogens (tertiary/aromatic N) is 4. The van der Waals surface area contributed by atoms with Gasteiger partial charge < -0.3 is 23.7 Å².